The van der Waals surface area contributed by atoms with Crippen LogP contribution in [-0.4, -0.2) is 5.91 Å². The van der Waals surface area contributed by atoms with Gasteiger partial charge in [0.2, 0.25) is 5.91 Å². The van der Waals surface area contributed by atoms with Gasteiger partial charge in [-0.15, -0.1) is 0 Å². The second kappa shape index (κ2) is 5.12. The van der Waals surface area contributed by atoms with Gasteiger partial charge in [0.1, 0.15) is 0 Å². The first kappa shape index (κ1) is 15.1. The van der Waals surface area contributed by atoms with Gasteiger partial charge in [-0.1, -0.05) is 54.2 Å². The van der Waals surface area contributed by atoms with Gasteiger partial charge in [-0.3, -0.25) is 4.79 Å². The highest BCUT2D eigenvalue weighted by Gasteiger charge is 2.40. The van der Waals surface area contributed by atoms with E-state index in [0.717, 1.165) is 11.3 Å². The molecule has 1 amide bonds. The maximum atomic E-state index is 12.1. The van der Waals surface area contributed by atoms with E-state index in [-0.39, 0.29) is 5.91 Å². The minimum atomic E-state index is -0.425. The number of rotatable bonds is 2. The van der Waals surface area contributed by atoms with Gasteiger partial charge in [0.05, 0.1) is 5.41 Å². The van der Waals surface area contributed by atoms with Crippen molar-refractivity contribution >= 4 is 27.5 Å². The molecule has 1 aromatic carbocycles. The molecular formula is C18H24BrNO. The SMILES string of the molecule is CC1(C)C(=O)Nc2ccc(C(Br)C3(C)CCCCC3)cc21. The molecule has 0 bridgehead atoms. The number of carbonyl (C=O) groups is 1. The zero-order valence-electron chi connectivity index (χ0n) is 13.1. The van der Waals surface area contributed by atoms with Crippen molar-refractivity contribution in [2.24, 2.45) is 5.41 Å². The summed E-state index contributed by atoms with van der Waals surface area (Å²) < 4.78 is 0. The number of anilines is 1. The molecule has 1 aliphatic heterocycles. The first-order valence-electron chi connectivity index (χ1n) is 7.94. The summed E-state index contributed by atoms with van der Waals surface area (Å²) >= 11 is 3.96. The molecule has 0 spiro atoms. The Morgan fingerprint density at radius 1 is 1.14 bits per heavy atom. The van der Waals surface area contributed by atoms with Crippen LogP contribution in [0, 0.1) is 5.41 Å². The molecule has 1 unspecified atom stereocenters. The summed E-state index contributed by atoms with van der Waals surface area (Å²) in [5.41, 5.74) is 3.32. The Kier molecular flexibility index (Phi) is 3.67. The number of nitrogens with one attached hydrogen (secondary N) is 1. The van der Waals surface area contributed by atoms with Crippen LogP contribution < -0.4 is 5.32 Å². The van der Waals surface area contributed by atoms with Crippen molar-refractivity contribution in [1.82, 2.24) is 0 Å². The maximum absolute atomic E-state index is 12.1. The Bertz CT molecular complexity index is 573. The monoisotopic (exact) mass is 349 g/mol. The Hall–Kier alpha value is -0.830. The molecule has 3 heteroatoms. The number of halogens is 1. The predicted molar refractivity (Wildman–Crippen MR) is 91.0 cm³/mol. The summed E-state index contributed by atoms with van der Waals surface area (Å²) in [5.74, 6) is 0.102. The van der Waals surface area contributed by atoms with Crippen LogP contribution >= 0.6 is 15.9 Å². The summed E-state index contributed by atoms with van der Waals surface area (Å²) in [6.45, 7) is 6.40. The molecule has 1 N–H and O–H groups in total. The third kappa shape index (κ3) is 2.44. The van der Waals surface area contributed by atoms with Crippen LogP contribution in [0.4, 0.5) is 5.69 Å². The highest BCUT2D eigenvalue weighted by Crippen LogP contribution is 2.51. The highest BCUT2D eigenvalue weighted by atomic mass is 79.9. The van der Waals surface area contributed by atoms with Crippen LogP contribution in [0.5, 0.6) is 0 Å². The van der Waals surface area contributed by atoms with Gasteiger partial charge in [-0.05, 0) is 49.3 Å². The Morgan fingerprint density at radius 2 is 1.81 bits per heavy atom. The Labute approximate surface area is 135 Å². The van der Waals surface area contributed by atoms with Gasteiger partial charge in [0.25, 0.3) is 0 Å². The third-order valence-corrected chi connectivity index (χ3v) is 7.07. The van der Waals surface area contributed by atoms with Crippen molar-refractivity contribution in [2.45, 2.75) is 63.1 Å². The van der Waals surface area contributed by atoms with Crippen molar-refractivity contribution in [3.63, 3.8) is 0 Å². The van der Waals surface area contributed by atoms with E-state index in [9.17, 15) is 4.79 Å². The number of hydrogen-bond donors (Lipinski definition) is 1. The van der Waals surface area contributed by atoms with Gasteiger partial charge < -0.3 is 5.32 Å². The largest absolute Gasteiger partial charge is 0.325 e. The summed E-state index contributed by atoms with van der Waals surface area (Å²) in [7, 11) is 0. The maximum Gasteiger partial charge on any atom is 0.234 e. The summed E-state index contributed by atoms with van der Waals surface area (Å²) in [6.07, 6.45) is 6.58. The summed E-state index contributed by atoms with van der Waals surface area (Å²) in [5, 5.41) is 2.99. The van der Waals surface area contributed by atoms with Crippen LogP contribution in [0.3, 0.4) is 0 Å². The van der Waals surface area contributed by atoms with Crippen molar-refractivity contribution in [3.05, 3.63) is 29.3 Å². The van der Waals surface area contributed by atoms with Crippen LogP contribution in [-0.2, 0) is 10.2 Å². The number of amides is 1. The Morgan fingerprint density at radius 3 is 2.48 bits per heavy atom. The standard InChI is InChI=1S/C18H24BrNO/c1-17(2)13-11-12(7-8-14(13)20-16(17)21)15(19)18(3)9-5-4-6-10-18/h7-8,11,15H,4-6,9-10H2,1-3H3,(H,20,21). The summed E-state index contributed by atoms with van der Waals surface area (Å²) in [4.78, 5) is 12.4. The zero-order valence-corrected chi connectivity index (χ0v) is 14.7. The van der Waals surface area contributed by atoms with Crippen LogP contribution in [0.2, 0.25) is 0 Å². The normalized spacial score (nSPS) is 24.3. The second-order valence-corrected chi connectivity index (χ2v) is 8.38. The molecule has 2 nitrogen and oxygen atoms in total. The van der Waals surface area contributed by atoms with Crippen molar-refractivity contribution in [3.8, 4) is 0 Å². The Balaban J connectivity index is 1.94. The fourth-order valence-corrected chi connectivity index (χ4v) is 4.50. The van der Waals surface area contributed by atoms with E-state index in [4.69, 9.17) is 0 Å². The second-order valence-electron chi connectivity index (χ2n) is 7.46. The lowest BCUT2D eigenvalue weighted by Crippen LogP contribution is -2.27. The number of benzene rings is 1. The fourth-order valence-electron chi connectivity index (χ4n) is 3.76. The minimum absolute atomic E-state index is 0.102. The van der Waals surface area contributed by atoms with Crippen molar-refractivity contribution in [2.75, 3.05) is 5.32 Å². The molecular weight excluding hydrogens is 326 g/mol. The average Bonchev–Trinajstić information content (AvgIpc) is 2.69. The molecule has 1 aromatic rings. The molecule has 0 aromatic heterocycles. The lowest BCUT2D eigenvalue weighted by Gasteiger charge is -2.38. The highest BCUT2D eigenvalue weighted by molar-refractivity contribution is 9.09. The lowest BCUT2D eigenvalue weighted by atomic mass is 9.71. The molecule has 1 heterocycles. The van der Waals surface area contributed by atoms with E-state index in [1.165, 1.54) is 37.7 Å². The fraction of sp³-hybridized carbons (Fsp3) is 0.611. The molecule has 2 aliphatic rings. The van der Waals surface area contributed by atoms with Crippen LogP contribution in [0.25, 0.3) is 0 Å². The average molecular weight is 350 g/mol. The number of alkyl halides is 1. The van der Waals surface area contributed by atoms with E-state index in [0.29, 0.717) is 10.2 Å². The topological polar surface area (TPSA) is 29.1 Å². The molecule has 21 heavy (non-hydrogen) atoms. The smallest absolute Gasteiger partial charge is 0.234 e. The quantitative estimate of drug-likeness (QED) is 0.719. The van der Waals surface area contributed by atoms with E-state index in [1.807, 2.05) is 13.8 Å². The first-order valence-corrected chi connectivity index (χ1v) is 8.86. The molecule has 1 fully saturated rings. The van der Waals surface area contributed by atoms with E-state index in [2.05, 4.69) is 46.4 Å². The number of fused-ring (bicyclic) bond motifs is 1. The molecule has 0 saturated heterocycles. The zero-order chi connectivity index (χ0) is 15.3. The molecule has 1 saturated carbocycles. The first-order chi connectivity index (χ1) is 9.84. The third-order valence-electron chi connectivity index (χ3n) is 5.43. The van der Waals surface area contributed by atoms with Gasteiger partial charge in [-0.25, -0.2) is 0 Å². The van der Waals surface area contributed by atoms with Gasteiger partial charge in [0, 0.05) is 10.5 Å². The molecule has 1 aliphatic carbocycles. The van der Waals surface area contributed by atoms with E-state index < -0.39 is 5.41 Å². The van der Waals surface area contributed by atoms with Gasteiger partial charge >= 0.3 is 0 Å². The van der Waals surface area contributed by atoms with Crippen LogP contribution in [0.15, 0.2) is 18.2 Å². The van der Waals surface area contributed by atoms with Crippen molar-refractivity contribution < 1.29 is 4.79 Å². The minimum Gasteiger partial charge on any atom is -0.325 e. The predicted octanol–water partition coefficient (Wildman–Crippen LogP) is 5.32. The lowest BCUT2D eigenvalue weighted by molar-refractivity contribution is -0.119. The van der Waals surface area contributed by atoms with Gasteiger partial charge in [-0.2, -0.15) is 0 Å². The van der Waals surface area contributed by atoms with Crippen molar-refractivity contribution in [1.29, 1.82) is 0 Å². The molecule has 114 valence electrons. The molecule has 3 rings (SSSR count). The van der Waals surface area contributed by atoms with E-state index in [1.54, 1.807) is 0 Å². The summed E-state index contributed by atoms with van der Waals surface area (Å²) in [6, 6.07) is 6.46. The van der Waals surface area contributed by atoms with Gasteiger partial charge in [0.15, 0.2) is 0 Å². The number of carbonyl (C=O) groups excluding carboxylic acids is 1. The van der Waals surface area contributed by atoms with Crippen LogP contribution in [0.1, 0.15) is 68.8 Å². The number of hydrogen-bond acceptors (Lipinski definition) is 1. The molecule has 1 atom stereocenters. The van der Waals surface area contributed by atoms with E-state index >= 15 is 0 Å². The molecule has 0 radical (unpaired) electrons.